The normalized spacial score (nSPS) is 11.7. The molecular weight excluding hydrogens is 540 g/mol. The minimum atomic E-state index is -0.576. The summed E-state index contributed by atoms with van der Waals surface area (Å²) in [5.74, 6) is -0.474. The summed E-state index contributed by atoms with van der Waals surface area (Å²) < 4.78 is 5.34. The number of thioether (sulfide) groups is 1. The van der Waals surface area contributed by atoms with Crippen LogP contribution in [0.15, 0.2) is 108 Å². The molecule has 0 saturated carbocycles. The van der Waals surface area contributed by atoms with Crippen LogP contribution in [0, 0.1) is 0 Å². The molecule has 0 aliphatic heterocycles. The van der Waals surface area contributed by atoms with Crippen molar-refractivity contribution in [2.24, 2.45) is 0 Å². The molecule has 4 aromatic rings. The summed E-state index contributed by atoms with van der Waals surface area (Å²) in [4.78, 5) is 43.9. The van der Waals surface area contributed by atoms with Crippen molar-refractivity contribution in [3.05, 3.63) is 114 Å². The monoisotopic (exact) mass is 568 g/mol. The van der Waals surface area contributed by atoms with E-state index in [0.717, 1.165) is 4.90 Å². The molecule has 4 rings (SSSR count). The Labute approximate surface area is 241 Å². The van der Waals surface area contributed by atoms with Gasteiger partial charge < -0.3 is 25.8 Å². The van der Waals surface area contributed by atoms with E-state index in [-0.39, 0.29) is 17.4 Å². The third-order valence-electron chi connectivity index (χ3n) is 5.74. The molecule has 0 aliphatic rings. The number of pyridine rings is 1. The molecule has 4 N–H and O–H groups in total. The van der Waals surface area contributed by atoms with Crippen molar-refractivity contribution in [1.29, 1.82) is 0 Å². The number of aromatic nitrogens is 1. The second-order valence-electron chi connectivity index (χ2n) is 8.75. The second kappa shape index (κ2) is 13.8. The van der Waals surface area contributed by atoms with Crippen LogP contribution in [0.2, 0.25) is 0 Å². The van der Waals surface area contributed by atoms with Crippen molar-refractivity contribution in [1.82, 2.24) is 10.3 Å². The maximum atomic E-state index is 13.4. The number of rotatable bonds is 10. The summed E-state index contributed by atoms with van der Waals surface area (Å²) in [5, 5.41) is 17.7. The Morgan fingerprint density at radius 3 is 2.44 bits per heavy atom. The first-order chi connectivity index (χ1) is 19.8. The molecule has 41 heavy (non-hydrogen) atoms. The van der Waals surface area contributed by atoms with Gasteiger partial charge in [0, 0.05) is 34.0 Å². The summed E-state index contributed by atoms with van der Waals surface area (Å²) in [6.45, 7) is 1.78. The number of anilines is 2. The third kappa shape index (κ3) is 8.20. The Morgan fingerprint density at radius 2 is 1.71 bits per heavy atom. The van der Waals surface area contributed by atoms with Gasteiger partial charge in [-0.05, 0) is 67.6 Å². The van der Waals surface area contributed by atoms with Gasteiger partial charge in [-0.15, -0.1) is 11.8 Å². The number of hydrogen-bond donors (Lipinski definition) is 4. The first-order valence-electron chi connectivity index (χ1n) is 12.6. The molecule has 9 nitrogen and oxygen atoms in total. The van der Waals surface area contributed by atoms with Crippen LogP contribution in [0.25, 0.3) is 6.08 Å². The minimum absolute atomic E-state index is 0.00409. The number of phenolic OH excluding ortho intramolecular Hbond substituents is 1. The standard InChI is InChI=1S/C31H28N4O5S/c1-20(29(37)35-28-13-6-7-16-32-28)41-25-12-8-11-23(18-25)33-31(39)26(34-30(38)21-9-4-3-5-10-21)17-22-14-15-24(36)19-27(22)40-2/h3-20,36H,1-2H3,(H,33,39)(H,34,38)(H,32,35,37)/b26-17+. The molecule has 1 unspecified atom stereocenters. The van der Waals surface area contributed by atoms with Gasteiger partial charge in [-0.3, -0.25) is 14.4 Å². The quantitative estimate of drug-likeness (QED) is 0.150. The van der Waals surface area contributed by atoms with Crippen LogP contribution in [-0.2, 0) is 9.59 Å². The average molecular weight is 569 g/mol. The molecule has 0 bridgehead atoms. The van der Waals surface area contributed by atoms with Gasteiger partial charge in [0.25, 0.3) is 11.8 Å². The van der Waals surface area contributed by atoms with Gasteiger partial charge >= 0.3 is 0 Å². The molecule has 0 saturated heterocycles. The Kier molecular flexibility index (Phi) is 9.74. The number of nitrogens with one attached hydrogen (secondary N) is 3. The van der Waals surface area contributed by atoms with Crippen LogP contribution in [0.1, 0.15) is 22.8 Å². The highest BCUT2D eigenvalue weighted by molar-refractivity contribution is 8.00. The van der Waals surface area contributed by atoms with Gasteiger partial charge in [-0.1, -0.05) is 30.3 Å². The van der Waals surface area contributed by atoms with E-state index < -0.39 is 17.1 Å². The van der Waals surface area contributed by atoms with Crippen LogP contribution in [0.3, 0.4) is 0 Å². The van der Waals surface area contributed by atoms with E-state index in [4.69, 9.17) is 4.74 Å². The number of benzene rings is 3. The largest absolute Gasteiger partial charge is 0.508 e. The third-order valence-corrected chi connectivity index (χ3v) is 6.83. The summed E-state index contributed by atoms with van der Waals surface area (Å²) in [5.41, 5.74) is 1.28. The zero-order valence-corrected chi connectivity index (χ0v) is 23.1. The van der Waals surface area contributed by atoms with E-state index in [9.17, 15) is 19.5 Å². The van der Waals surface area contributed by atoms with Gasteiger partial charge in [0.15, 0.2) is 0 Å². The first-order valence-corrected chi connectivity index (χ1v) is 13.5. The number of amides is 3. The van der Waals surface area contributed by atoms with Crippen LogP contribution in [0.5, 0.6) is 11.5 Å². The first kappa shape index (κ1) is 28.9. The fraction of sp³-hybridized carbons (Fsp3) is 0.0968. The Bertz CT molecular complexity index is 1560. The number of ether oxygens (including phenoxy) is 1. The van der Waals surface area contributed by atoms with E-state index in [1.165, 1.54) is 37.1 Å². The molecule has 208 valence electrons. The summed E-state index contributed by atoms with van der Waals surface area (Å²) in [6, 6.07) is 25.2. The number of carbonyl (C=O) groups excluding carboxylic acids is 3. The summed E-state index contributed by atoms with van der Waals surface area (Å²) in [7, 11) is 1.44. The highest BCUT2D eigenvalue weighted by Crippen LogP contribution is 2.28. The number of phenols is 1. The fourth-order valence-corrected chi connectivity index (χ4v) is 4.61. The van der Waals surface area contributed by atoms with Crippen molar-refractivity contribution in [3.63, 3.8) is 0 Å². The fourth-order valence-electron chi connectivity index (χ4n) is 3.68. The molecule has 0 fully saturated rings. The maximum absolute atomic E-state index is 13.4. The summed E-state index contributed by atoms with van der Waals surface area (Å²) in [6.07, 6.45) is 3.07. The average Bonchev–Trinajstić information content (AvgIpc) is 2.98. The van der Waals surface area contributed by atoms with Crippen LogP contribution in [0.4, 0.5) is 11.5 Å². The number of hydrogen-bond acceptors (Lipinski definition) is 7. The minimum Gasteiger partial charge on any atom is -0.508 e. The van der Waals surface area contributed by atoms with Crippen LogP contribution < -0.4 is 20.7 Å². The van der Waals surface area contributed by atoms with Crippen molar-refractivity contribution < 1.29 is 24.2 Å². The van der Waals surface area contributed by atoms with Gasteiger partial charge in [0.2, 0.25) is 5.91 Å². The van der Waals surface area contributed by atoms with Crippen molar-refractivity contribution >= 4 is 47.1 Å². The van der Waals surface area contributed by atoms with Crippen LogP contribution in [-0.4, -0.2) is 40.2 Å². The Morgan fingerprint density at radius 1 is 0.927 bits per heavy atom. The van der Waals surface area contributed by atoms with Crippen molar-refractivity contribution in [2.75, 3.05) is 17.7 Å². The lowest BCUT2D eigenvalue weighted by Crippen LogP contribution is -2.30. The van der Waals surface area contributed by atoms with Gasteiger partial charge in [-0.2, -0.15) is 0 Å². The molecule has 1 heterocycles. The molecule has 0 radical (unpaired) electrons. The number of methoxy groups -OCH3 is 1. The zero-order chi connectivity index (χ0) is 29.2. The smallest absolute Gasteiger partial charge is 0.272 e. The predicted molar refractivity (Wildman–Crippen MR) is 160 cm³/mol. The topological polar surface area (TPSA) is 130 Å². The zero-order valence-electron chi connectivity index (χ0n) is 22.3. The summed E-state index contributed by atoms with van der Waals surface area (Å²) >= 11 is 1.32. The lowest BCUT2D eigenvalue weighted by molar-refractivity contribution is -0.115. The Balaban J connectivity index is 1.53. The highest BCUT2D eigenvalue weighted by Gasteiger charge is 2.18. The van der Waals surface area contributed by atoms with E-state index in [1.807, 2.05) is 6.07 Å². The van der Waals surface area contributed by atoms with E-state index in [2.05, 4.69) is 20.9 Å². The van der Waals surface area contributed by atoms with Gasteiger partial charge in [0.1, 0.15) is 23.0 Å². The van der Waals surface area contributed by atoms with Crippen LogP contribution >= 0.6 is 11.8 Å². The Hall–Kier alpha value is -5.09. The van der Waals surface area contributed by atoms with E-state index in [1.54, 1.807) is 85.9 Å². The molecule has 0 spiro atoms. The lowest BCUT2D eigenvalue weighted by atomic mass is 10.1. The molecule has 0 aliphatic carbocycles. The highest BCUT2D eigenvalue weighted by atomic mass is 32.2. The number of aromatic hydroxyl groups is 1. The lowest BCUT2D eigenvalue weighted by Gasteiger charge is -2.14. The number of carbonyl (C=O) groups is 3. The predicted octanol–water partition coefficient (Wildman–Crippen LogP) is 5.32. The molecule has 3 aromatic carbocycles. The van der Waals surface area contributed by atoms with Crippen molar-refractivity contribution in [2.45, 2.75) is 17.1 Å². The van der Waals surface area contributed by atoms with Gasteiger partial charge in [-0.25, -0.2) is 4.98 Å². The number of nitrogens with zero attached hydrogens (tertiary/aromatic N) is 1. The van der Waals surface area contributed by atoms with Gasteiger partial charge in [0.05, 0.1) is 12.4 Å². The SMILES string of the molecule is COc1cc(O)ccc1/C=C(/NC(=O)c1ccccc1)C(=O)Nc1cccc(SC(C)C(=O)Nc2ccccn2)c1. The van der Waals surface area contributed by atoms with E-state index >= 15 is 0 Å². The second-order valence-corrected chi connectivity index (χ2v) is 10.2. The molecule has 1 aromatic heterocycles. The maximum Gasteiger partial charge on any atom is 0.272 e. The molecule has 10 heteroatoms. The molecule has 1 atom stereocenters. The molecular formula is C31H28N4O5S. The van der Waals surface area contributed by atoms with Crippen molar-refractivity contribution in [3.8, 4) is 11.5 Å². The van der Waals surface area contributed by atoms with E-state index in [0.29, 0.717) is 28.4 Å². The molecule has 3 amide bonds.